The van der Waals surface area contributed by atoms with Crippen molar-refractivity contribution in [3.05, 3.63) is 59.7 Å². The highest BCUT2D eigenvalue weighted by Crippen LogP contribution is 2.40. The maximum absolute atomic E-state index is 13.4. The van der Waals surface area contributed by atoms with Crippen molar-refractivity contribution in [3.8, 4) is 17.0 Å². The lowest BCUT2D eigenvalue weighted by atomic mass is 9.90. The van der Waals surface area contributed by atoms with Gasteiger partial charge in [-0.15, -0.1) is 0 Å². The fourth-order valence-corrected chi connectivity index (χ4v) is 5.35. The van der Waals surface area contributed by atoms with Crippen LogP contribution >= 0.6 is 0 Å². The van der Waals surface area contributed by atoms with Crippen molar-refractivity contribution < 1.29 is 17.9 Å². The number of carbonyl (C=O) groups excluding carboxylic acids is 1. The second kappa shape index (κ2) is 9.42. The molecule has 0 saturated carbocycles. The number of pyridine rings is 2. The van der Waals surface area contributed by atoms with Gasteiger partial charge in [-0.05, 0) is 75.1 Å². The molecule has 3 heterocycles. The van der Waals surface area contributed by atoms with Crippen molar-refractivity contribution in [2.24, 2.45) is 5.92 Å². The molecular formula is C26H31N5O4S. The number of aromatic nitrogens is 2. The predicted octanol–water partition coefficient (Wildman–Crippen LogP) is 3.79. The molecule has 1 atom stereocenters. The fourth-order valence-electron chi connectivity index (χ4n) is 4.40. The Morgan fingerprint density at radius 1 is 1.17 bits per heavy atom. The summed E-state index contributed by atoms with van der Waals surface area (Å²) in [6.07, 6.45) is 0.920. The highest BCUT2D eigenvalue weighted by Gasteiger charge is 2.41. The third kappa shape index (κ3) is 4.73. The van der Waals surface area contributed by atoms with Gasteiger partial charge in [-0.1, -0.05) is 19.1 Å². The van der Waals surface area contributed by atoms with E-state index in [1.54, 1.807) is 19.2 Å². The lowest BCUT2D eigenvalue weighted by molar-refractivity contribution is 0.0981. The standard InChI is InChI=1S/C26H31N5O4S/c1-16-9-10-18(35-5)15-20(16)21-12-11-19(24(28-21)31-14-13-17(2)26(31,3)4)25(32)30-36(33,34)23-8-6-7-22(27)29-23/h6-12,15,17H,13-14H2,1-5H3,(H2,27,29)(H,30,32). The van der Waals surface area contributed by atoms with E-state index in [9.17, 15) is 13.2 Å². The number of sulfonamides is 1. The van der Waals surface area contributed by atoms with Gasteiger partial charge in [0.2, 0.25) is 0 Å². The van der Waals surface area contributed by atoms with Crippen LogP contribution in [0.4, 0.5) is 11.6 Å². The molecule has 190 valence electrons. The first-order valence-corrected chi connectivity index (χ1v) is 13.2. The molecule has 1 fully saturated rings. The number of nitrogens with one attached hydrogen (secondary N) is 1. The van der Waals surface area contributed by atoms with E-state index in [1.165, 1.54) is 18.2 Å². The van der Waals surface area contributed by atoms with Crippen LogP contribution in [-0.2, 0) is 10.0 Å². The Labute approximate surface area is 211 Å². The van der Waals surface area contributed by atoms with Crippen LogP contribution in [0.5, 0.6) is 5.75 Å². The fraction of sp³-hybridized carbons (Fsp3) is 0.346. The minimum absolute atomic E-state index is 0.0403. The van der Waals surface area contributed by atoms with Gasteiger partial charge in [0.25, 0.3) is 15.9 Å². The van der Waals surface area contributed by atoms with E-state index in [0.29, 0.717) is 29.7 Å². The van der Waals surface area contributed by atoms with Crippen LogP contribution in [0.15, 0.2) is 53.6 Å². The number of anilines is 2. The Balaban J connectivity index is 1.80. The van der Waals surface area contributed by atoms with Gasteiger partial charge in [0.1, 0.15) is 17.4 Å². The van der Waals surface area contributed by atoms with E-state index in [-0.39, 0.29) is 21.9 Å². The topological polar surface area (TPSA) is 128 Å². The third-order valence-electron chi connectivity index (χ3n) is 7.03. The molecule has 1 unspecified atom stereocenters. The normalized spacial score (nSPS) is 17.1. The summed E-state index contributed by atoms with van der Waals surface area (Å²) in [5, 5.41) is -0.330. The molecule has 3 N–H and O–H groups in total. The molecule has 0 spiro atoms. The Kier molecular flexibility index (Phi) is 6.66. The molecule has 0 bridgehead atoms. The number of nitrogens with zero attached hydrogens (tertiary/aromatic N) is 3. The Bertz CT molecular complexity index is 1420. The number of nitrogen functional groups attached to an aromatic ring is 1. The lowest BCUT2D eigenvalue weighted by Gasteiger charge is -2.36. The summed E-state index contributed by atoms with van der Waals surface area (Å²) in [7, 11) is -2.64. The Morgan fingerprint density at radius 3 is 2.56 bits per heavy atom. The van der Waals surface area contributed by atoms with E-state index in [4.69, 9.17) is 15.5 Å². The van der Waals surface area contributed by atoms with E-state index in [1.807, 2.05) is 25.1 Å². The number of hydrogen-bond donors (Lipinski definition) is 2. The third-order valence-corrected chi connectivity index (χ3v) is 8.26. The van der Waals surface area contributed by atoms with Gasteiger partial charge >= 0.3 is 0 Å². The zero-order chi connectivity index (χ0) is 26.3. The number of hydrogen-bond acceptors (Lipinski definition) is 8. The van der Waals surface area contributed by atoms with Crippen LogP contribution in [0.2, 0.25) is 0 Å². The van der Waals surface area contributed by atoms with Crippen molar-refractivity contribution in [1.29, 1.82) is 0 Å². The van der Waals surface area contributed by atoms with Gasteiger partial charge in [0.15, 0.2) is 5.03 Å². The molecule has 1 aromatic carbocycles. The summed E-state index contributed by atoms with van der Waals surface area (Å²) in [4.78, 5) is 24.2. The van der Waals surface area contributed by atoms with E-state index in [2.05, 4.69) is 35.4 Å². The first kappa shape index (κ1) is 25.4. The lowest BCUT2D eigenvalue weighted by Crippen LogP contribution is -2.43. The maximum Gasteiger partial charge on any atom is 0.281 e. The molecule has 1 aliphatic heterocycles. The molecule has 36 heavy (non-hydrogen) atoms. The molecule has 10 heteroatoms. The van der Waals surface area contributed by atoms with E-state index < -0.39 is 15.9 Å². The van der Waals surface area contributed by atoms with Crippen LogP contribution < -0.4 is 20.1 Å². The SMILES string of the molecule is COc1ccc(C)c(-c2ccc(C(=O)NS(=O)(=O)c3cccc(N)n3)c(N3CCC(C)C3(C)C)n2)c1. The number of methoxy groups -OCH3 is 1. The van der Waals surface area contributed by atoms with Gasteiger partial charge in [0, 0.05) is 17.6 Å². The predicted molar refractivity (Wildman–Crippen MR) is 139 cm³/mol. The molecule has 0 aliphatic carbocycles. The van der Waals surface area contributed by atoms with Crippen LogP contribution in [0.25, 0.3) is 11.3 Å². The van der Waals surface area contributed by atoms with Gasteiger partial charge in [-0.25, -0.2) is 14.7 Å². The van der Waals surface area contributed by atoms with Crippen LogP contribution in [0.3, 0.4) is 0 Å². The average Bonchev–Trinajstić information content (AvgIpc) is 3.10. The number of carbonyl (C=O) groups is 1. The summed E-state index contributed by atoms with van der Waals surface area (Å²) in [5.74, 6) is 0.719. The second-order valence-electron chi connectivity index (χ2n) is 9.58. The van der Waals surface area contributed by atoms with Gasteiger partial charge in [0.05, 0.1) is 18.4 Å². The van der Waals surface area contributed by atoms with Gasteiger partial charge < -0.3 is 15.4 Å². The first-order valence-electron chi connectivity index (χ1n) is 11.7. The summed E-state index contributed by atoms with van der Waals surface area (Å²) in [6, 6.07) is 13.3. The Morgan fingerprint density at radius 2 is 1.92 bits per heavy atom. The minimum Gasteiger partial charge on any atom is -0.497 e. The first-order chi connectivity index (χ1) is 16.9. The monoisotopic (exact) mass is 509 g/mol. The molecule has 1 aliphatic rings. The molecule has 3 aromatic rings. The number of rotatable bonds is 6. The van der Waals surface area contributed by atoms with Gasteiger partial charge in [-0.2, -0.15) is 8.42 Å². The molecule has 0 radical (unpaired) electrons. The Hall–Kier alpha value is -3.66. The zero-order valence-corrected chi connectivity index (χ0v) is 21.9. The molecular weight excluding hydrogens is 478 g/mol. The number of aryl methyl sites for hydroxylation is 1. The van der Waals surface area contributed by atoms with Crippen molar-refractivity contribution in [2.45, 2.75) is 44.7 Å². The summed E-state index contributed by atoms with van der Waals surface area (Å²) < 4.78 is 33.3. The quantitative estimate of drug-likeness (QED) is 0.514. The smallest absolute Gasteiger partial charge is 0.281 e. The second-order valence-corrected chi connectivity index (χ2v) is 11.2. The average molecular weight is 510 g/mol. The minimum atomic E-state index is -4.24. The molecule has 9 nitrogen and oxygen atoms in total. The number of ether oxygens (including phenoxy) is 1. The molecule has 1 saturated heterocycles. The zero-order valence-electron chi connectivity index (χ0n) is 21.1. The molecule has 2 aromatic heterocycles. The van der Waals surface area contributed by atoms with Crippen LogP contribution in [0.1, 0.15) is 43.1 Å². The summed E-state index contributed by atoms with van der Waals surface area (Å²) in [6.45, 7) is 9.02. The molecule has 4 rings (SSSR count). The molecule has 1 amide bonds. The van der Waals surface area contributed by atoms with Crippen molar-refractivity contribution in [1.82, 2.24) is 14.7 Å². The van der Waals surface area contributed by atoms with Crippen molar-refractivity contribution >= 4 is 27.6 Å². The van der Waals surface area contributed by atoms with Crippen LogP contribution in [-0.4, -0.2) is 43.5 Å². The maximum atomic E-state index is 13.4. The van der Waals surface area contributed by atoms with E-state index in [0.717, 1.165) is 17.5 Å². The van der Waals surface area contributed by atoms with Crippen LogP contribution in [0, 0.1) is 12.8 Å². The largest absolute Gasteiger partial charge is 0.497 e. The van der Waals surface area contributed by atoms with Gasteiger partial charge in [-0.3, -0.25) is 4.79 Å². The summed E-state index contributed by atoms with van der Waals surface area (Å²) >= 11 is 0. The van der Waals surface area contributed by atoms with E-state index >= 15 is 0 Å². The van der Waals surface area contributed by atoms with Crippen molar-refractivity contribution in [3.63, 3.8) is 0 Å². The number of benzene rings is 1. The van der Waals surface area contributed by atoms with Crippen molar-refractivity contribution in [2.75, 3.05) is 24.3 Å². The summed E-state index contributed by atoms with van der Waals surface area (Å²) in [5.41, 5.74) is 8.03. The highest BCUT2D eigenvalue weighted by molar-refractivity contribution is 7.90. The number of nitrogens with two attached hydrogens (primary N) is 1. The highest BCUT2D eigenvalue weighted by atomic mass is 32.2. The number of amides is 1.